The summed E-state index contributed by atoms with van der Waals surface area (Å²) in [4.78, 5) is 14.7. The molecule has 0 radical (unpaired) electrons. The van der Waals surface area contributed by atoms with Gasteiger partial charge in [0.1, 0.15) is 11.4 Å². The van der Waals surface area contributed by atoms with E-state index < -0.39 is 0 Å². The Balaban J connectivity index is 1.27. The maximum atomic E-state index is 12.2. The highest BCUT2D eigenvalue weighted by molar-refractivity contribution is 5.96. The summed E-state index contributed by atoms with van der Waals surface area (Å²) in [5.74, 6) is 1.24. The molecule has 0 aliphatic carbocycles. The van der Waals surface area contributed by atoms with Gasteiger partial charge in [-0.15, -0.1) is 0 Å². The zero-order chi connectivity index (χ0) is 17.3. The molecule has 130 valence electrons. The number of rotatable bonds is 5. The second kappa shape index (κ2) is 6.52. The smallest absolute Gasteiger partial charge is 0.162 e. The van der Waals surface area contributed by atoms with Gasteiger partial charge >= 0.3 is 0 Å². The van der Waals surface area contributed by atoms with Crippen LogP contribution in [-0.2, 0) is 6.42 Å². The molecule has 2 aromatic carbocycles. The Morgan fingerprint density at radius 2 is 1.96 bits per heavy atom. The molecule has 1 unspecified atom stereocenters. The van der Waals surface area contributed by atoms with Crippen molar-refractivity contribution in [3.05, 3.63) is 59.7 Å². The number of carbonyl (C=O) groups excluding carboxylic acids is 1. The lowest BCUT2D eigenvalue weighted by Gasteiger charge is -2.24. The molecule has 1 spiro atoms. The van der Waals surface area contributed by atoms with Crippen LogP contribution >= 0.6 is 0 Å². The van der Waals surface area contributed by atoms with E-state index in [0.717, 1.165) is 50.2 Å². The molecule has 1 saturated heterocycles. The third kappa shape index (κ3) is 3.40. The van der Waals surface area contributed by atoms with Gasteiger partial charge in [-0.25, -0.2) is 0 Å². The van der Waals surface area contributed by atoms with Crippen molar-refractivity contribution in [1.29, 1.82) is 0 Å². The fourth-order valence-electron chi connectivity index (χ4n) is 3.99. The van der Waals surface area contributed by atoms with Crippen LogP contribution in [0.5, 0.6) is 5.75 Å². The number of hydrogen-bond donors (Lipinski definition) is 1. The van der Waals surface area contributed by atoms with Crippen LogP contribution < -0.4 is 10.5 Å². The van der Waals surface area contributed by atoms with Gasteiger partial charge in [0, 0.05) is 43.6 Å². The standard InChI is InChI=1S/C21H24N2O2/c22-18-9-7-16(8-10-18)19(24)5-3-12-23-13-11-21(15-23)14-17-4-1-2-6-20(17)25-21/h1-2,4,6-10H,3,5,11-15,22H2. The van der Waals surface area contributed by atoms with Crippen LogP contribution in [0.2, 0.25) is 0 Å². The summed E-state index contributed by atoms with van der Waals surface area (Å²) in [5.41, 5.74) is 8.38. The van der Waals surface area contributed by atoms with Crippen molar-refractivity contribution in [2.45, 2.75) is 31.3 Å². The SMILES string of the molecule is Nc1ccc(C(=O)CCCN2CCC3(Cc4ccccc4O3)C2)cc1. The van der Waals surface area contributed by atoms with Crippen LogP contribution in [0.25, 0.3) is 0 Å². The number of carbonyl (C=O) groups is 1. The number of hydrogen-bond acceptors (Lipinski definition) is 4. The molecule has 4 heteroatoms. The molecule has 2 aliphatic rings. The van der Waals surface area contributed by atoms with Gasteiger partial charge < -0.3 is 10.5 Å². The van der Waals surface area contributed by atoms with E-state index in [0.29, 0.717) is 12.1 Å². The first-order chi connectivity index (χ1) is 12.1. The predicted octanol–water partition coefficient (Wildman–Crippen LogP) is 3.31. The number of benzene rings is 2. The van der Waals surface area contributed by atoms with E-state index in [2.05, 4.69) is 23.1 Å². The predicted molar refractivity (Wildman–Crippen MR) is 99.0 cm³/mol. The van der Waals surface area contributed by atoms with Gasteiger partial charge in [0.25, 0.3) is 0 Å². The van der Waals surface area contributed by atoms with Crippen molar-refractivity contribution >= 4 is 11.5 Å². The number of para-hydroxylation sites is 1. The summed E-state index contributed by atoms with van der Waals surface area (Å²) in [6, 6.07) is 15.5. The number of ether oxygens (including phenoxy) is 1. The van der Waals surface area contributed by atoms with Crippen molar-refractivity contribution in [3.8, 4) is 5.75 Å². The van der Waals surface area contributed by atoms with Crippen molar-refractivity contribution in [3.63, 3.8) is 0 Å². The van der Waals surface area contributed by atoms with Crippen molar-refractivity contribution in [2.75, 3.05) is 25.4 Å². The van der Waals surface area contributed by atoms with Gasteiger partial charge in [0.2, 0.25) is 0 Å². The summed E-state index contributed by atoms with van der Waals surface area (Å²) in [5, 5.41) is 0. The van der Waals surface area contributed by atoms with Gasteiger partial charge in [0.15, 0.2) is 5.78 Å². The minimum absolute atomic E-state index is 0.0509. The van der Waals surface area contributed by atoms with E-state index in [-0.39, 0.29) is 11.4 Å². The number of nitrogens with zero attached hydrogens (tertiary/aromatic N) is 1. The number of likely N-dealkylation sites (tertiary alicyclic amines) is 1. The number of fused-ring (bicyclic) bond motifs is 1. The minimum Gasteiger partial charge on any atom is -0.485 e. The van der Waals surface area contributed by atoms with E-state index in [1.54, 1.807) is 12.1 Å². The first kappa shape index (κ1) is 16.2. The minimum atomic E-state index is -0.0509. The van der Waals surface area contributed by atoms with Gasteiger partial charge in [-0.3, -0.25) is 9.69 Å². The quantitative estimate of drug-likeness (QED) is 0.672. The Hall–Kier alpha value is -2.33. The highest BCUT2D eigenvalue weighted by Gasteiger charge is 2.44. The zero-order valence-electron chi connectivity index (χ0n) is 14.4. The fraction of sp³-hybridized carbons (Fsp3) is 0.381. The number of nitrogen functional groups attached to an aromatic ring is 1. The molecule has 4 rings (SSSR count). The van der Waals surface area contributed by atoms with Crippen molar-refractivity contribution in [2.24, 2.45) is 0 Å². The van der Waals surface area contributed by atoms with Crippen LogP contribution in [0, 0.1) is 0 Å². The monoisotopic (exact) mass is 336 g/mol. The van der Waals surface area contributed by atoms with Gasteiger partial charge in [-0.2, -0.15) is 0 Å². The molecule has 2 aliphatic heterocycles. The Morgan fingerprint density at radius 3 is 2.76 bits per heavy atom. The van der Waals surface area contributed by atoms with E-state index in [1.165, 1.54) is 5.56 Å². The molecule has 25 heavy (non-hydrogen) atoms. The maximum Gasteiger partial charge on any atom is 0.162 e. The lowest BCUT2D eigenvalue weighted by Crippen LogP contribution is -2.38. The van der Waals surface area contributed by atoms with Crippen molar-refractivity contribution < 1.29 is 9.53 Å². The maximum absolute atomic E-state index is 12.2. The molecule has 0 bridgehead atoms. The van der Waals surface area contributed by atoms with Crippen molar-refractivity contribution in [1.82, 2.24) is 4.90 Å². The first-order valence-electron chi connectivity index (χ1n) is 9.02. The zero-order valence-corrected chi connectivity index (χ0v) is 14.4. The summed E-state index contributed by atoms with van der Waals surface area (Å²) in [6.45, 7) is 2.95. The highest BCUT2D eigenvalue weighted by Crippen LogP contribution is 2.40. The number of anilines is 1. The first-order valence-corrected chi connectivity index (χ1v) is 9.02. The summed E-state index contributed by atoms with van der Waals surface area (Å²) >= 11 is 0. The molecule has 2 aromatic rings. The molecule has 0 saturated carbocycles. The molecule has 2 heterocycles. The normalized spacial score (nSPS) is 22.1. The second-order valence-electron chi connectivity index (χ2n) is 7.24. The van der Waals surface area contributed by atoms with Crippen LogP contribution in [0.4, 0.5) is 5.69 Å². The molecule has 0 amide bonds. The second-order valence-corrected chi connectivity index (χ2v) is 7.24. The van der Waals surface area contributed by atoms with Gasteiger partial charge in [0.05, 0.1) is 0 Å². The summed E-state index contributed by atoms with van der Waals surface area (Å²) in [6.07, 6.45) is 3.53. The van der Waals surface area contributed by atoms with Crippen LogP contribution in [0.15, 0.2) is 48.5 Å². The van der Waals surface area contributed by atoms with Crippen LogP contribution in [0.3, 0.4) is 0 Å². The van der Waals surface area contributed by atoms with Gasteiger partial charge in [-0.1, -0.05) is 18.2 Å². The molecule has 4 nitrogen and oxygen atoms in total. The third-order valence-electron chi connectivity index (χ3n) is 5.32. The largest absolute Gasteiger partial charge is 0.485 e. The lowest BCUT2D eigenvalue weighted by atomic mass is 9.96. The molecule has 0 aromatic heterocycles. The van der Waals surface area contributed by atoms with E-state index in [4.69, 9.17) is 10.5 Å². The molecular weight excluding hydrogens is 312 g/mol. The lowest BCUT2D eigenvalue weighted by molar-refractivity contribution is 0.0959. The van der Waals surface area contributed by atoms with E-state index in [9.17, 15) is 4.79 Å². The molecule has 2 N–H and O–H groups in total. The Bertz CT molecular complexity index is 745. The van der Waals surface area contributed by atoms with Crippen LogP contribution in [-0.4, -0.2) is 35.9 Å². The molecule has 1 atom stereocenters. The van der Waals surface area contributed by atoms with Crippen LogP contribution in [0.1, 0.15) is 35.2 Å². The van der Waals surface area contributed by atoms with E-state index in [1.807, 2.05) is 18.2 Å². The summed E-state index contributed by atoms with van der Waals surface area (Å²) < 4.78 is 6.27. The molecular formula is C21H24N2O2. The Kier molecular flexibility index (Phi) is 4.22. The Morgan fingerprint density at radius 1 is 1.16 bits per heavy atom. The number of Topliss-reactive ketones (excluding diaryl/α,β-unsaturated/α-hetero) is 1. The Labute approximate surface area is 148 Å². The average Bonchev–Trinajstić information content (AvgIpc) is 3.18. The molecule has 1 fully saturated rings. The highest BCUT2D eigenvalue weighted by atomic mass is 16.5. The summed E-state index contributed by atoms with van der Waals surface area (Å²) in [7, 11) is 0. The van der Waals surface area contributed by atoms with Gasteiger partial charge in [-0.05, 0) is 48.9 Å². The van der Waals surface area contributed by atoms with E-state index >= 15 is 0 Å². The average molecular weight is 336 g/mol. The number of nitrogens with two attached hydrogens (primary N) is 1. The fourth-order valence-corrected chi connectivity index (χ4v) is 3.99. The topological polar surface area (TPSA) is 55.6 Å². The third-order valence-corrected chi connectivity index (χ3v) is 5.32. The number of ketones is 1.